The minimum absolute atomic E-state index is 0.00928. The maximum Gasteiger partial charge on any atom is 0.407 e. The maximum absolute atomic E-state index is 13.6. The van der Waals surface area contributed by atoms with Gasteiger partial charge in [0.1, 0.15) is 6.61 Å². The minimum atomic E-state index is -0.932. The van der Waals surface area contributed by atoms with Crippen LogP contribution < -0.4 is 5.32 Å². The quantitative estimate of drug-likeness (QED) is 0.267. The van der Waals surface area contributed by atoms with Crippen LogP contribution in [0.5, 0.6) is 0 Å². The number of nitro benzene ring substituents is 1. The van der Waals surface area contributed by atoms with Crippen LogP contribution in [0.2, 0.25) is 0 Å². The molecule has 0 saturated carbocycles. The number of carbonyl (C=O) groups is 1. The Morgan fingerprint density at radius 1 is 1.06 bits per heavy atom. The van der Waals surface area contributed by atoms with Gasteiger partial charge in [-0.3, -0.25) is 10.1 Å². The van der Waals surface area contributed by atoms with Crippen molar-refractivity contribution in [3.8, 4) is 23.0 Å². The zero-order valence-electron chi connectivity index (χ0n) is 17.0. The number of hydrogen-bond acceptors (Lipinski definition) is 4. The normalized spacial score (nSPS) is 11.7. The SMILES string of the molecule is O=C(NCCC#Cc1ccc([N+](=O)[O-])c(F)c1)OCC1c2ccccc2-c2ccccc21. The Morgan fingerprint density at radius 3 is 2.34 bits per heavy atom. The van der Waals surface area contributed by atoms with E-state index in [1.54, 1.807) is 0 Å². The highest BCUT2D eigenvalue weighted by Crippen LogP contribution is 2.44. The third kappa shape index (κ3) is 4.44. The van der Waals surface area contributed by atoms with Crippen LogP contribution in [0.4, 0.5) is 14.9 Å². The van der Waals surface area contributed by atoms with Gasteiger partial charge in [0.05, 0.1) is 4.92 Å². The van der Waals surface area contributed by atoms with Gasteiger partial charge >= 0.3 is 11.8 Å². The van der Waals surface area contributed by atoms with E-state index in [1.165, 1.54) is 6.07 Å². The fraction of sp³-hybridized carbons (Fsp3) is 0.160. The van der Waals surface area contributed by atoms with E-state index in [-0.39, 0.29) is 19.1 Å². The molecule has 1 N–H and O–H groups in total. The van der Waals surface area contributed by atoms with Crippen LogP contribution in [0, 0.1) is 27.8 Å². The number of amides is 1. The molecule has 0 heterocycles. The summed E-state index contributed by atoms with van der Waals surface area (Å²) in [5.74, 6) is 4.58. The summed E-state index contributed by atoms with van der Waals surface area (Å²) < 4.78 is 19.0. The second kappa shape index (κ2) is 9.31. The Bertz CT molecular complexity index is 1200. The average molecular weight is 430 g/mol. The number of rotatable bonds is 5. The third-order valence-corrected chi connectivity index (χ3v) is 5.24. The van der Waals surface area contributed by atoms with Gasteiger partial charge < -0.3 is 10.1 Å². The lowest BCUT2D eigenvalue weighted by Crippen LogP contribution is -2.26. The summed E-state index contributed by atoms with van der Waals surface area (Å²) in [4.78, 5) is 22.0. The van der Waals surface area contributed by atoms with E-state index in [4.69, 9.17) is 4.74 Å². The molecule has 32 heavy (non-hydrogen) atoms. The first-order chi connectivity index (χ1) is 15.5. The molecule has 0 radical (unpaired) electrons. The van der Waals surface area contributed by atoms with Gasteiger partial charge in [-0.25, -0.2) is 4.79 Å². The molecule has 1 aliphatic carbocycles. The zero-order valence-corrected chi connectivity index (χ0v) is 17.0. The van der Waals surface area contributed by atoms with E-state index in [0.717, 1.165) is 34.4 Å². The number of carbonyl (C=O) groups excluding carboxylic acids is 1. The largest absolute Gasteiger partial charge is 0.449 e. The molecule has 0 aliphatic heterocycles. The Labute approximate surface area is 184 Å². The van der Waals surface area contributed by atoms with Crippen LogP contribution in [-0.4, -0.2) is 24.2 Å². The molecule has 0 saturated heterocycles. The number of fused-ring (bicyclic) bond motifs is 3. The number of nitrogens with zero attached hydrogens (tertiary/aromatic N) is 1. The smallest absolute Gasteiger partial charge is 0.407 e. The summed E-state index contributed by atoms with van der Waals surface area (Å²) in [6, 6.07) is 19.7. The van der Waals surface area contributed by atoms with Gasteiger partial charge in [0.25, 0.3) is 0 Å². The molecule has 0 spiro atoms. The van der Waals surface area contributed by atoms with Gasteiger partial charge in [0, 0.05) is 30.5 Å². The average Bonchev–Trinajstić information content (AvgIpc) is 3.11. The van der Waals surface area contributed by atoms with E-state index in [9.17, 15) is 19.3 Å². The van der Waals surface area contributed by atoms with Crippen molar-refractivity contribution in [3.05, 3.63) is 99.4 Å². The van der Waals surface area contributed by atoms with E-state index in [2.05, 4.69) is 41.4 Å². The lowest BCUT2D eigenvalue weighted by molar-refractivity contribution is -0.387. The maximum atomic E-state index is 13.6. The molecule has 0 unspecified atom stereocenters. The third-order valence-electron chi connectivity index (χ3n) is 5.24. The Balaban J connectivity index is 1.28. The van der Waals surface area contributed by atoms with Gasteiger partial charge in [0.15, 0.2) is 0 Å². The first kappa shape index (κ1) is 21.1. The molecule has 1 aliphatic rings. The molecule has 0 atom stereocenters. The Kier molecular flexibility index (Phi) is 6.13. The van der Waals surface area contributed by atoms with Crippen LogP contribution in [0.25, 0.3) is 11.1 Å². The molecule has 6 nitrogen and oxygen atoms in total. The summed E-state index contributed by atoms with van der Waals surface area (Å²) >= 11 is 0. The molecule has 7 heteroatoms. The summed E-state index contributed by atoms with van der Waals surface area (Å²) in [5, 5.41) is 13.3. The molecule has 0 bridgehead atoms. The highest BCUT2D eigenvalue weighted by molar-refractivity contribution is 5.79. The standard InChI is InChI=1S/C25H19FN2O4/c26-23-15-17(12-13-24(23)28(30)31)7-5-6-14-27-25(29)32-16-22-20-10-3-1-8-18(20)19-9-2-4-11-21(19)22/h1-4,8-13,15,22H,6,14,16H2,(H,27,29). The van der Waals surface area contributed by atoms with Crippen LogP contribution >= 0.6 is 0 Å². The Morgan fingerprint density at radius 2 is 1.72 bits per heavy atom. The summed E-state index contributed by atoms with van der Waals surface area (Å²) in [7, 11) is 0. The van der Waals surface area contributed by atoms with Crippen molar-refractivity contribution in [2.45, 2.75) is 12.3 Å². The zero-order chi connectivity index (χ0) is 22.5. The number of halogens is 1. The van der Waals surface area contributed by atoms with Crippen molar-refractivity contribution in [3.63, 3.8) is 0 Å². The highest BCUT2D eigenvalue weighted by Gasteiger charge is 2.28. The van der Waals surface area contributed by atoms with Crippen LogP contribution in [0.1, 0.15) is 29.0 Å². The van der Waals surface area contributed by atoms with Crippen LogP contribution in [0.15, 0.2) is 66.7 Å². The fourth-order valence-corrected chi connectivity index (χ4v) is 3.77. The van der Waals surface area contributed by atoms with Crippen LogP contribution in [0.3, 0.4) is 0 Å². The van der Waals surface area contributed by atoms with E-state index in [1.807, 2.05) is 24.3 Å². The molecule has 0 fully saturated rings. The molecular weight excluding hydrogens is 411 g/mol. The number of hydrogen-bond donors (Lipinski definition) is 1. The summed E-state index contributed by atoms with van der Waals surface area (Å²) in [6.07, 6.45) is -0.210. The number of benzene rings is 3. The Hall–Kier alpha value is -4.18. The molecule has 3 aromatic rings. The number of nitrogens with one attached hydrogen (secondary N) is 1. The van der Waals surface area contributed by atoms with Gasteiger partial charge in [-0.15, -0.1) is 0 Å². The minimum Gasteiger partial charge on any atom is -0.449 e. The number of nitro groups is 1. The fourth-order valence-electron chi connectivity index (χ4n) is 3.77. The van der Waals surface area contributed by atoms with Gasteiger partial charge in [-0.1, -0.05) is 60.4 Å². The van der Waals surface area contributed by atoms with E-state index >= 15 is 0 Å². The second-order valence-electron chi connectivity index (χ2n) is 7.23. The van der Waals surface area contributed by atoms with Gasteiger partial charge in [0.2, 0.25) is 5.82 Å². The molecule has 3 aromatic carbocycles. The van der Waals surface area contributed by atoms with Crippen molar-refractivity contribution in [2.75, 3.05) is 13.2 Å². The number of ether oxygens (including phenoxy) is 1. The predicted molar refractivity (Wildman–Crippen MR) is 118 cm³/mol. The molecule has 4 rings (SSSR count). The van der Waals surface area contributed by atoms with Crippen molar-refractivity contribution in [2.24, 2.45) is 0 Å². The molecule has 0 aromatic heterocycles. The van der Waals surface area contributed by atoms with Gasteiger partial charge in [-0.05, 0) is 34.4 Å². The lowest BCUT2D eigenvalue weighted by Gasteiger charge is -2.14. The number of alkyl carbamates (subject to hydrolysis) is 1. The van der Waals surface area contributed by atoms with Crippen molar-refractivity contribution in [1.82, 2.24) is 5.32 Å². The first-order valence-electron chi connectivity index (χ1n) is 10.1. The summed E-state index contributed by atoms with van der Waals surface area (Å²) in [6.45, 7) is 0.493. The predicted octanol–water partition coefficient (Wildman–Crippen LogP) is 5.01. The van der Waals surface area contributed by atoms with Gasteiger partial charge in [-0.2, -0.15) is 4.39 Å². The highest BCUT2D eigenvalue weighted by atomic mass is 19.1. The molecular formula is C25H19FN2O4. The monoisotopic (exact) mass is 430 g/mol. The van der Waals surface area contributed by atoms with E-state index < -0.39 is 22.5 Å². The lowest BCUT2D eigenvalue weighted by atomic mass is 9.98. The van der Waals surface area contributed by atoms with E-state index in [0.29, 0.717) is 12.0 Å². The molecule has 160 valence electrons. The summed E-state index contributed by atoms with van der Waals surface area (Å²) in [5.41, 5.74) is 4.34. The van der Waals surface area contributed by atoms with Crippen molar-refractivity contribution in [1.29, 1.82) is 0 Å². The molecule has 1 amide bonds. The van der Waals surface area contributed by atoms with Crippen molar-refractivity contribution < 1.29 is 18.8 Å². The van der Waals surface area contributed by atoms with Crippen molar-refractivity contribution >= 4 is 11.8 Å². The second-order valence-corrected chi connectivity index (χ2v) is 7.23. The topological polar surface area (TPSA) is 81.5 Å². The van der Waals surface area contributed by atoms with Crippen LogP contribution in [-0.2, 0) is 4.74 Å². The first-order valence-corrected chi connectivity index (χ1v) is 10.1.